The van der Waals surface area contributed by atoms with E-state index in [0.29, 0.717) is 5.56 Å². The number of halogens is 2. The van der Waals surface area contributed by atoms with Gasteiger partial charge in [-0.1, -0.05) is 6.07 Å². The summed E-state index contributed by atoms with van der Waals surface area (Å²) in [5.41, 5.74) is 5.86. The fraction of sp³-hybridized carbons (Fsp3) is 0.0769. The van der Waals surface area contributed by atoms with Gasteiger partial charge in [-0.05, 0) is 42.8 Å². The minimum absolute atomic E-state index is 0.0387. The number of nitrogens with one attached hydrogen (secondary N) is 1. The highest BCUT2D eigenvalue weighted by atomic mass is 32.2. The summed E-state index contributed by atoms with van der Waals surface area (Å²) in [6, 6.07) is 6.90. The van der Waals surface area contributed by atoms with Crippen molar-refractivity contribution in [3.05, 3.63) is 53.6 Å². The zero-order valence-corrected chi connectivity index (χ0v) is 11.3. The minimum atomic E-state index is -4.08. The van der Waals surface area contributed by atoms with Crippen molar-refractivity contribution in [3.8, 4) is 0 Å². The summed E-state index contributed by atoms with van der Waals surface area (Å²) in [5, 5.41) is 0. The van der Waals surface area contributed by atoms with Crippen LogP contribution in [0.25, 0.3) is 0 Å². The number of rotatable bonds is 3. The van der Waals surface area contributed by atoms with E-state index in [2.05, 4.69) is 4.72 Å². The van der Waals surface area contributed by atoms with Crippen LogP contribution in [0.2, 0.25) is 0 Å². The van der Waals surface area contributed by atoms with E-state index in [9.17, 15) is 17.2 Å². The van der Waals surface area contributed by atoms with Crippen molar-refractivity contribution in [2.75, 3.05) is 10.5 Å². The molecule has 2 aromatic rings. The highest BCUT2D eigenvalue weighted by Gasteiger charge is 2.18. The molecule has 0 fully saturated rings. The van der Waals surface area contributed by atoms with E-state index in [1.54, 1.807) is 6.92 Å². The Bertz CT molecular complexity index is 761. The molecule has 0 aromatic heterocycles. The Morgan fingerprint density at radius 1 is 1.10 bits per heavy atom. The largest absolute Gasteiger partial charge is 0.398 e. The van der Waals surface area contributed by atoms with Crippen LogP contribution in [0.3, 0.4) is 0 Å². The molecule has 0 radical (unpaired) electrons. The third-order valence-electron chi connectivity index (χ3n) is 2.69. The first-order chi connectivity index (χ1) is 9.29. The Kier molecular flexibility index (Phi) is 3.63. The van der Waals surface area contributed by atoms with Crippen molar-refractivity contribution >= 4 is 21.4 Å². The molecule has 20 heavy (non-hydrogen) atoms. The molecular weight excluding hydrogens is 286 g/mol. The fourth-order valence-corrected chi connectivity index (χ4v) is 2.80. The lowest BCUT2D eigenvalue weighted by Crippen LogP contribution is -2.15. The van der Waals surface area contributed by atoms with Gasteiger partial charge >= 0.3 is 0 Å². The van der Waals surface area contributed by atoms with E-state index in [1.165, 1.54) is 12.1 Å². The summed E-state index contributed by atoms with van der Waals surface area (Å²) in [6.07, 6.45) is 0. The molecule has 0 amide bonds. The Hall–Kier alpha value is -2.15. The minimum Gasteiger partial charge on any atom is -0.398 e. The van der Waals surface area contributed by atoms with Crippen LogP contribution in [0, 0.1) is 18.6 Å². The number of nitrogens with two attached hydrogens (primary N) is 1. The van der Waals surface area contributed by atoms with Crippen LogP contribution in [0.4, 0.5) is 20.2 Å². The van der Waals surface area contributed by atoms with Gasteiger partial charge in [-0.3, -0.25) is 4.72 Å². The second-order valence-electron chi connectivity index (χ2n) is 4.25. The van der Waals surface area contributed by atoms with Gasteiger partial charge in [0.15, 0.2) is 0 Å². The zero-order chi connectivity index (χ0) is 14.9. The van der Waals surface area contributed by atoms with Crippen LogP contribution in [0.5, 0.6) is 0 Å². The molecule has 2 rings (SSSR count). The maximum absolute atomic E-state index is 13.4. The van der Waals surface area contributed by atoms with Crippen LogP contribution >= 0.6 is 0 Å². The second kappa shape index (κ2) is 5.09. The molecule has 7 heteroatoms. The van der Waals surface area contributed by atoms with Crippen LogP contribution in [-0.2, 0) is 10.0 Å². The SMILES string of the molecule is Cc1ccc(NS(=O)(=O)c2cc(F)ccc2N)cc1F. The first-order valence-corrected chi connectivity index (χ1v) is 7.12. The molecule has 0 aliphatic carbocycles. The molecule has 0 bridgehead atoms. The van der Waals surface area contributed by atoms with Gasteiger partial charge < -0.3 is 5.73 Å². The molecule has 0 aliphatic heterocycles. The van der Waals surface area contributed by atoms with Gasteiger partial charge in [-0.2, -0.15) is 0 Å². The molecule has 0 saturated carbocycles. The van der Waals surface area contributed by atoms with E-state index in [-0.39, 0.29) is 11.4 Å². The van der Waals surface area contributed by atoms with Crippen LogP contribution in [0.15, 0.2) is 41.3 Å². The molecule has 4 nitrogen and oxygen atoms in total. The molecule has 106 valence electrons. The van der Waals surface area contributed by atoms with E-state index in [1.807, 2.05) is 0 Å². The third kappa shape index (κ3) is 2.88. The summed E-state index contributed by atoms with van der Waals surface area (Å²) in [4.78, 5) is -0.390. The van der Waals surface area contributed by atoms with Gasteiger partial charge in [0, 0.05) is 0 Å². The number of aryl methyl sites for hydroxylation is 1. The van der Waals surface area contributed by atoms with Crippen molar-refractivity contribution in [2.45, 2.75) is 11.8 Å². The predicted octanol–water partition coefficient (Wildman–Crippen LogP) is 2.66. The molecule has 0 atom stereocenters. The van der Waals surface area contributed by atoms with Crippen molar-refractivity contribution in [1.29, 1.82) is 0 Å². The molecule has 0 heterocycles. The summed E-state index contributed by atoms with van der Waals surface area (Å²) in [6.45, 7) is 1.55. The van der Waals surface area contributed by atoms with E-state index < -0.39 is 26.6 Å². The number of anilines is 2. The normalized spacial score (nSPS) is 11.3. The Balaban J connectivity index is 2.40. The van der Waals surface area contributed by atoms with E-state index in [0.717, 1.165) is 24.3 Å². The molecule has 3 N–H and O–H groups in total. The van der Waals surface area contributed by atoms with Gasteiger partial charge in [-0.25, -0.2) is 17.2 Å². The van der Waals surface area contributed by atoms with Gasteiger partial charge in [0.25, 0.3) is 10.0 Å². The van der Waals surface area contributed by atoms with Gasteiger partial charge in [0.1, 0.15) is 16.5 Å². The maximum Gasteiger partial charge on any atom is 0.264 e. The second-order valence-corrected chi connectivity index (χ2v) is 5.90. The van der Waals surface area contributed by atoms with Crippen molar-refractivity contribution < 1.29 is 17.2 Å². The summed E-state index contributed by atoms with van der Waals surface area (Å²) >= 11 is 0. The number of nitrogen functional groups attached to an aromatic ring is 1. The number of hydrogen-bond acceptors (Lipinski definition) is 3. The molecule has 0 saturated heterocycles. The number of hydrogen-bond donors (Lipinski definition) is 2. The average Bonchev–Trinajstić information content (AvgIpc) is 2.36. The summed E-state index contributed by atoms with van der Waals surface area (Å²) in [7, 11) is -4.08. The molecule has 2 aromatic carbocycles. The summed E-state index contributed by atoms with van der Waals surface area (Å²) in [5.74, 6) is -1.27. The molecule has 0 unspecified atom stereocenters. The quantitative estimate of drug-likeness (QED) is 0.856. The number of sulfonamides is 1. The molecular formula is C13H12F2N2O2S. The van der Waals surface area contributed by atoms with E-state index in [4.69, 9.17) is 5.73 Å². The fourth-order valence-electron chi connectivity index (χ4n) is 1.61. The molecule has 0 aliphatic rings. The van der Waals surface area contributed by atoms with Gasteiger partial charge in [-0.15, -0.1) is 0 Å². The lowest BCUT2D eigenvalue weighted by molar-refractivity contribution is 0.595. The number of benzene rings is 2. The van der Waals surface area contributed by atoms with Gasteiger partial charge in [0.2, 0.25) is 0 Å². The highest BCUT2D eigenvalue weighted by molar-refractivity contribution is 7.92. The average molecular weight is 298 g/mol. The first-order valence-electron chi connectivity index (χ1n) is 5.63. The standard InChI is InChI=1S/C13H12F2N2O2S/c1-8-2-4-10(7-11(8)15)17-20(18,19)13-6-9(14)3-5-12(13)16/h2-7,17H,16H2,1H3. The lowest BCUT2D eigenvalue weighted by Gasteiger charge is -2.10. The summed E-state index contributed by atoms with van der Waals surface area (Å²) < 4.78 is 52.8. The van der Waals surface area contributed by atoms with Gasteiger partial charge in [0.05, 0.1) is 11.4 Å². The zero-order valence-electron chi connectivity index (χ0n) is 10.5. The van der Waals surface area contributed by atoms with Crippen molar-refractivity contribution in [2.24, 2.45) is 0 Å². The van der Waals surface area contributed by atoms with Crippen LogP contribution in [-0.4, -0.2) is 8.42 Å². The third-order valence-corrected chi connectivity index (χ3v) is 4.13. The highest BCUT2D eigenvalue weighted by Crippen LogP contribution is 2.23. The first kappa shape index (κ1) is 14.3. The van der Waals surface area contributed by atoms with Crippen molar-refractivity contribution in [1.82, 2.24) is 0 Å². The molecule has 0 spiro atoms. The lowest BCUT2D eigenvalue weighted by atomic mass is 10.2. The van der Waals surface area contributed by atoms with Crippen LogP contribution < -0.4 is 10.5 Å². The van der Waals surface area contributed by atoms with Crippen LogP contribution in [0.1, 0.15) is 5.56 Å². The predicted molar refractivity (Wildman–Crippen MR) is 72.8 cm³/mol. The maximum atomic E-state index is 13.4. The van der Waals surface area contributed by atoms with E-state index >= 15 is 0 Å². The Morgan fingerprint density at radius 3 is 2.45 bits per heavy atom. The van der Waals surface area contributed by atoms with Crippen molar-refractivity contribution in [3.63, 3.8) is 0 Å². The topological polar surface area (TPSA) is 72.2 Å². The monoisotopic (exact) mass is 298 g/mol. The smallest absolute Gasteiger partial charge is 0.264 e. The Labute approximate surface area is 115 Å². The Morgan fingerprint density at radius 2 is 1.80 bits per heavy atom.